The van der Waals surface area contributed by atoms with Crippen molar-refractivity contribution in [3.63, 3.8) is 0 Å². The summed E-state index contributed by atoms with van der Waals surface area (Å²) < 4.78 is 21.1. The number of benzene rings is 1. The number of nitrogens with one attached hydrogen (secondary N) is 1. The highest BCUT2D eigenvalue weighted by atomic mass is 16.5. The Balaban J connectivity index is 1.88. The number of nitrogens with zero attached hydrogens (tertiary/aromatic N) is 1. The number of carbonyl (C=O) groups is 3. The van der Waals surface area contributed by atoms with Crippen molar-refractivity contribution in [3.8, 4) is 11.5 Å². The average Bonchev–Trinajstić information content (AvgIpc) is 2.76. The fourth-order valence-electron chi connectivity index (χ4n) is 2.99. The second-order valence-electron chi connectivity index (χ2n) is 6.98. The first-order chi connectivity index (χ1) is 14.4. The fourth-order valence-corrected chi connectivity index (χ4v) is 2.99. The third-order valence-electron chi connectivity index (χ3n) is 4.58. The number of morpholine rings is 1. The minimum Gasteiger partial charge on any atom is -0.493 e. The molecule has 0 aliphatic carbocycles. The first-order valence-electron chi connectivity index (χ1n) is 10.1. The molecule has 2 amide bonds. The summed E-state index contributed by atoms with van der Waals surface area (Å²) in [5.74, 6) is -0.519. The van der Waals surface area contributed by atoms with Gasteiger partial charge < -0.3 is 29.2 Å². The molecule has 1 fully saturated rings. The van der Waals surface area contributed by atoms with Crippen LogP contribution in [0.1, 0.15) is 37.0 Å². The van der Waals surface area contributed by atoms with Gasteiger partial charge in [0.05, 0.1) is 25.9 Å². The third-order valence-corrected chi connectivity index (χ3v) is 4.58. The zero-order valence-electron chi connectivity index (χ0n) is 17.8. The average molecular weight is 422 g/mol. The number of esters is 1. The van der Waals surface area contributed by atoms with Crippen molar-refractivity contribution in [3.05, 3.63) is 23.8 Å². The van der Waals surface area contributed by atoms with Gasteiger partial charge >= 0.3 is 5.97 Å². The van der Waals surface area contributed by atoms with E-state index in [1.165, 1.54) is 25.3 Å². The molecule has 0 unspecified atom stereocenters. The van der Waals surface area contributed by atoms with Crippen molar-refractivity contribution in [2.24, 2.45) is 0 Å². The van der Waals surface area contributed by atoms with Crippen molar-refractivity contribution in [1.82, 2.24) is 10.2 Å². The van der Waals surface area contributed by atoms with Crippen molar-refractivity contribution in [1.29, 1.82) is 0 Å². The Morgan fingerprint density at radius 1 is 1.17 bits per heavy atom. The maximum atomic E-state index is 12.2. The molecule has 0 aromatic heterocycles. The van der Waals surface area contributed by atoms with Crippen LogP contribution in [0.2, 0.25) is 0 Å². The van der Waals surface area contributed by atoms with Crippen LogP contribution in [0.4, 0.5) is 0 Å². The number of carbonyl (C=O) groups excluding carboxylic acids is 3. The minimum absolute atomic E-state index is 0.0258. The highest BCUT2D eigenvalue weighted by molar-refractivity contribution is 5.92. The molecule has 0 radical (unpaired) electrons. The van der Waals surface area contributed by atoms with Crippen LogP contribution in [0.25, 0.3) is 0 Å². The maximum Gasteiger partial charge on any atom is 0.338 e. The van der Waals surface area contributed by atoms with Crippen LogP contribution in [0, 0.1) is 0 Å². The van der Waals surface area contributed by atoms with Crippen LogP contribution in [-0.2, 0) is 19.1 Å². The summed E-state index contributed by atoms with van der Waals surface area (Å²) in [6.07, 6.45) is 1.81. The second-order valence-corrected chi connectivity index (χ2v) is 6.98. The van der Waals surface area contributed by atoms with E-state index in [9.17, 15) is 14.4 Å². The van der Waals surface area contributed by atoms with Crippen molar-refractivity contribution in [2.75, 3.05) is 46.6 Å². The van der Waals surface area contributed by atoms with Gasteiger partial charge in [0.25, 0.3) is 11.8 Å². The first kappa shape index (κ1) is 23.5. The number of amides is 2. The minimum atomic E-state index is -0.650. The molecule has 0 saturated carbocycles. The van der Waals surface area contributed by atoms with Crippen LogP contribution in [-0.4, -0.2) is 75.4 Å². The number of rotatable bonds is 10. The van der Waals surface area contributed by atoms with E-state index in [2.05, 4.69) is 5.32 Å². The Labute approximate surface area is 176 Å². The van der Waals surface area contributed by atoms with E-state index in [0.717, 1.165) is 12.8 Å². The summed E-state index contributed by atoms with van der Waals surface area (Å²) >= 11 is 0. The number of hydrogen-bond acceptors (Lipinski definition) is 7. The smallest absolute Gasteiger partial charge is 0.338 e. The molecule has 1 aromatic rings. The molecule has 1 aliphatic heterocycles. The number of ether oxygens (including phenoxy) is 4. The topological polar surface area (TPSA) is 103 Å². The Morgan fingerprint density at radius 3 is 2.57 bits per heavy atom. The van der Waals surface area contributed by atoms with E-state index in [-0.39, 0.29) is 36.6 Å². The van der Waals surface area contributed by atoms with E-state index in [1.807, 2.05) is 13.8 Å². The standard InChI is InChI=1S/C21H30N2O7/c1-4-5-15(2)22-19(24)13-30-21(26)16-6-7-17(18(12-16)27-3)29-14-20(25)23-8-10-28-11-9-23/h6-7,12,15H,4-5,8-11,13-14H2,1-3H3,(H,22,24)/t15-/m0/s1. The van der Waals surface area contributed by atoms with E-state index < -0.39 is 5.97 Å². The van der Waals surface area contributed by atoms with Crippen LogP contribution >= 0.6 is 0 Å². The summed E-state index contributed by atoms with van der Waals surface area (Å²) in [4.78, 5) is 38.0. The van der Waals surface area contributed by atoms with Crippen molar-refractivity contribution in [2.45, 2.75) is 32.7 Å². The molecule has 1 atom stereocenters. The molecule has 1 aliphatic rings. The Kier molecular flexibility index (Phi) is 9.40. The molecule has 0 bridgehead atoms. The van der Waals surface area contributed by atoms with Crippen LogP contribution in [0.3, 0.4) is 0 Å². The van der Waals surface area contributed by atoms with Gasteiger partial charge in [0.15, 0.2) is 24.7 Å². The van der Waals surface area contributed by atoms with Crippen LogP contribution in [0.5, 0.6) is 11.5 Å². The fraction of sp³-hybridized carbons (Fsp3) is 0.571. The van der Waals surface area contributed by atoms with Gasteiger partial charge in [-0.05, 0) is 31.5 Å². The Hall–Kier alpha value is -2.81. The molecule has 1 heterocycles. The summed E-state index contributed by atoms with van der Waals surface area (Å²) in [6.45, 7) is 5.53. The van der Waals surface area contributed by atoms with Gasteiger partial charge in [0.2, 0.25) is 0 Å². The lowest BCUT2D eigenvalue weighted by Crippen LogP contribution is -2.43. The molecule has 1 N–H and O–H groups in total. The van der Waals surface area contributed by atoms with E-state index >= 15 is 0 Å². The molecule has 2 rings (SSSR count). The quantitative estimate of drug-likeness (QED) is 0.569. The normalized spacial score (nSPS) is 14.6. The third kappa shape index (κ3) is 7.22. The van der Waals surface area contributed by atoms with E-state index in [0.29, 0.717) is 37.8 Å². The van der Waals surface area contributed by atoms with Crippen molar-refractivity contribution < 1.29 is 33.3 Å². The van der Waals surface area contributed by atoms with Gasteiger partial charge in [-0.2, -0.15) is 0 Å². The van der Waals surface area contributed by atoms with Gasteiger partial charge in [0, 0.05) is 19.1 Å². The Morgan fingerprint density at radius 2 is 1.90 bits per heavy atom. The summed E-state index contributed by atoms with van der Waals surface area (Å²) in [5.41, 5.74) is 0.216. The lowest BCUT2D eigenvalue weighted by molar-refractivity contribution is -0.137. The highest BCUT2D eigenvalue weighted by Crippen LogP contribution is 2.28. The predicted molar refractivity (Wildman–Crippen MR) is 109 cm³/mol. The van der Waals surface area contributed by atoms with E-state index in [4.69, 9.17) is 18.9 Å². The molecular formula is C21H30N2O7. The summed E-state index contributed by atoms with van der Waals surface area (Å²) in [7, 11) is 1.43. The monoisotopic (exact) mass is 422 g/mol. The lowest BCUT2D eigenvalue weighted by atomic mass is 10.2. The molecule has 9 nitrogen and oxygen atoms in total. The largest absolute Gasteiger partial charge is 0.493 e. The highest BCUT2D eigenvalue weighted by Gasteiger charge is 2.19. The van der Waals surface area contributed by atoms with E-state index in [1.54, 1.807) is 4.90 Å². The molecular weight excluding hydrogens is 392 g/mol. The molecule has 9 heteroatoms. The first-order valence-corrected chi connectivity index (χ1v) is 10.1. The van der Waals surface area contributed by atoms with Crippen molar-refractivity contribution >= 4 is 17.8 Å². The zero-order chi connectivity index (χ0) is 21.9. The Bertz CT molecular complexity index is 732. The molecule has 1 saturated heterocycles. The molecule has 30 heavy (non-hydrogen) atoms. The van der Waals surface area contributed by atoms with Gasteiger partial charge in [-0.1, -0.05) is 13.3 Å². The second kappa shape index (κ2) is 12.0. The van der Waals surface area contributed by atoms with Gasteiger partial charge in [-0.15, -0.1) is 0 Å². The van der Waals surface area contributed by atoms with Gasteiger partial charge in [-0.25, -0.2) is 4.79 Å². The number of methoxy groups -OCH3 is 1. The van der Waals surface area contributed by atoms with Crippen LogP contribution < -0.4 is 14.8 Å². The summed E-state index contributed by atoms with van der Waals surface area (Å²) in [5, 5.41) is 2.77. The SMILES string of the molecule is CCC[C@H](C)NC(=O)COC(=O)c1ccc(OCC(=O)N2CCOCC2)c(OC)c1. The van der Waals surface area contributed by atoms with Gasteiger partial charge in [-0.3, -0.25) is 9.59 Å². The summed E-state index contributed by atoms with van der Waals surface area (Å²) in [6, 6.07) is 4.51. The molecule has 0 spiro atoms. The van der Waals surface area contributed by atoms with Gasteiger partial charge in [0.1, 0.15) is 0 Å². The van der Waals surface area contributed by atoms with Crippen LogP contribution in [0.15, 0.2) is 18.2 Å². The molecule has 1 aromatic carbocycles. The maximum absolute atomic E-state index is 12.2. The lowest BCUT2D eigenvalue weighted by Gasteiger charge is -2.26. The predicted octanol–water partition coefficient (Wildman–Crippen LogP) is 1.39. The zero-order valence-corrected chi connectivity index (χ0v) is 17.8. The molecule has 166 valence electrons. The number of hydrogen-bond donors (Lipinski definition) is 1.